The Bertz CT molecular complexity index is 898. The number of anilines is 2. The van der Waals surface area contributed by atoms with E-state index < -0.39 is 35.2 Å². The van der Waals surface area contributed by atoms with E-state index in [2.05, 4.69) is 30.9 Å². The van der Waals surface area contributed by atoms with E-state index in [1.807, 2.05) is 27.7 Å². The minimum Gasteiger partial charge on any atom is -0.458 e. The minimum absolute atomic E-state index is 0.132. The Morgan fingerprint density at radius 2 is 1.06 bits per heavy atom. The number of hydrogen-bond donors (Lipinski definition) is 2. The number of rotatable bonds is 8. The predicted molar refractivity (Wildman–Crippen MR) is 124 cm³/mol. The van der Waals surface area contributed by atoms with Crippen LogP contribution < -0.4 is 10.6 Å². The number of carbonyl (C=O) groups excluding carboxylic acids is 2. The average Bonchev–Trinajstić information content (AvgIpc) is 3.07. The summed E-state index contributed by atoms with van der Waals surface area (Å²) >= 11 is 0. The molecule has 33 heavy (non-hydrogen) atoms. The molecule has 2 atom stereocenters. The molecule has 0 fully saturated rings. The molecule has 0 spiro atoms. The van der Waals surface area contributed by atoms with Crippen LogP contribution in [-0.2, 0) is 19.1 Å². The summed E-state index contributed by atoms with van der Waals surface area (Å²) in [6, 6.07) is -1.45. The lowest BCUT2D eigenvalue weighted by molar-refractivity contribution is -0.158. The van der Waals surface area contributed by atoms with Crippen molar-refractivity contribution in [3.63, 3.8) is 0 Å². The van der Waals surface area contributed by atoms with E-state index in [0.717, 1.165) is 0 Å². The standard InChI is InChI=1S/C22H36N6O5/c1-11(2)13(19(29)31-21(5,6)7)23-15-16(26-18-17(25-15)27-33-28-18)24-14(12(3)4)20(30)32-22(8,9)10/h11-14H,1-10H3,(H,23,25,27)(H,24,26,28). The van der Waals surface area contributed by atoms with Gasteiger partial charge in [0.05, 0.1) is 0 Å². The zero-order chi connectivity index (χ0) is 25.1. The molecule has 2 N–H and O–H groups in total. The topological polar surface area (TPSA) is 141 Å². The predicted octanol–water partition coefficient (Wildman–Crippen LogP) is 3.57. The first-order valence-corrected chi connectivity index (χ1v) is 11.1. The van der Waals surface area contributed by atoms with E-state index in [0.29, 0.717) is 0 Å². The fourth-order valence-corrected chi connectivity index (χ4v) is 2.86. The van der Waals surface area contributed by atoms with Crippen molar-refractivity contribution < 1.29 is 23.7 Å². The molecule has 2 aromatic heterocycles. The Morgan fingerprint density at radius 3 is 1.33 bits per heavy atom. The third kappa shape index (κ3) is 7.54. The van der Waals surface area contributed by atoms with Crippen molar-refractivity contribution in [3.8, 4) is 0 Å². The van der Waals surface area contributed by atoms with Crippen molar-refractivity contribution in [2.24, 2.45) is 11.8 Å². The van der Waals surface area contributed by atoms with E-state index in [4.69, 9.17) is 14.1 Å². The Hall–Kier alpha value is -2.98. The van der Waals surface area contributed by atoms with Gasteiger partial charge >= 0.3 is 11.9 Å². The lowest BCUT2D eigenvalue weighted by Gasteiger charge is -2.29. The quantitative estimate of drug-likeness (QED) is 0.554. The summed E-state index contributed by atoms with van der Waals surface area (Å²) < 4.78 is 15.9. The van der Waals surface area contributed by atoms with E-state index in [-0.39, 0.29) is 34.8 Å². The van der Waals surface area contributed by atoms with Gasteiger partial charge in [-0.15, -0.1) is 0 Å². The molecular weight excluding hydrogens is 428 g/mol. The van der Waals surface area contributed by atoms with Crippen molar-refractivity contribution in [1.82, 2.24) is 20.3 Å². The Balaban J connectivity index is 2.44. The molecule has 2 rings (SSSR count). The number of esters is 2. The second-order valence-electron chi connectivity index (χ2n) is 10.6. The van der Waals surface area contributed by atoms with Gasteiger partial charge in [0.15, 0.2) is 11.6 Å². The number of ether oxygens (including phenoxy) is 2. The first kappa shape index (κ1) is 26.3. The normalized spacial score (nSPS) is 14.3. The first-order chi connectivity index (χ1) is 15.1. The molecule has 0 aliphatic heterocycles. The van der Waals surface area contributed by atoms with Gasteiger partial charge in [-0.1, -0.05) is 27.7 Å². The summed E-state index contributed by atoms with van der Waals surface area (Å²) in [5.74, 6) is -0.693. The highest BCUT2D eigenvalue weighted by Gasteiger charge is 2.32. The van der Waals surface area contributed by atoms with Crippen LogP contribution in [0.5, 0.6) is 0 Å². The molecule has 0 amide bonds. The van der Waals surface area contributed by atoms with Gasteiger partial charge in [0.2, 0.25) is 11.3 Å². The molecular formula is C22H36N6O5. The molecule has 0 saturated carbocycles. The number of nitrogens with zero attached hydrogens (tertiary/aromatic N) is 4. The zero-order valence-corrected chi connectivity index (χ0v) is 21.1. The van der Waals surface area contributed by atoms with Gasteiger partial charge in [-0.3, -0.25) is 0 Å². The van der Waals surface area contributed by atoms with Gasteiger partial charge < -0.3 is 20.1 Å². The molecule has 2 unspecified atom stereocenters. The van der Waals surface area contributed by atoms with Crippen LogP contribution >= 0.6 is 0 Å². The van der Waals surface area contributed by atoms with Crippen LogP contribution in [0.3, 0.4) is 0 Å². The molecule has 0 saturated heterocycles. The lowest BCUT2D eigenvalue weighted by atomic mass is 10.0. The number of nitrogens with one attached hydrogen (secondary N) is 2. The smallest absolute Gasteiger partial charge is 0.329 e. The maximum Gasteiger partial charge on any atom is 0.329 e. The molecule has 0 aromatic carbocycles. The highest BCUT2D eigenvalue weighted by Crippen LogP contribution is 2.26. The summed E-state index contributed by atoms with van der Waals surface area (Å²) in [6.45, 7) is 18.4. The SMILES string of the molecule is CC(C)C(Nc1nc2nonc2nc1NC(C(=O)OC(C)(C)C)C(C)C)C(=O)OC(C)(C)C. The third-order valence-electron chi connectivity index (χ3n) is 4.35. The zero-order valence-electron chi connectivity index (χ0n) is 21.1. The minimum atomic E-state index is -0.726. The molecule has 0 aliphatic carbocycles. The monoisotopic (exact) mass is 464 g/mol. The summed E-state index contributed by atoms with van der Waals surface area (Å²) in [4.78, 5) is 34.5. The second kappa shape index (κ2) is 9.88. The first-order valence-electron chi connectivity index (χ1n) is 11.1. The van der Waals surface area contributed by atoms with Crippen LogP contribution in [0.2, 0.25) is 0 Å². The van der Waals surface area contributed by atoms with Crippen molar-refractivity contribution in [2.45, 2.75) is 92.5 Å². The maximum atomic E-state index is 12.9. The molecule has 184 valence electrons. The van der Waals surface area contributed by atoms with Crippen molar-refractivity contribution in [2.75, 3.05) is 10.6 Å². The fourth-order valence-electron chi connectivity index (χ4n) is 2.86. The summed E-state index contributed by atoms with van der Waals surface area (Å²) in [5.41, 5.74) is -0.989. The number of fused-ring (bicyclic) bond motifs is 1. The molecule has 11 heteroatoms. The average molecular weight is 465 g/mol. The van der Waals surface area contributed by atoms with Gasteiger partial charge in [0.25, 0.3) is 0 Å². The molecule has 11 nitrogen and oxygen atoms in total. The van der Waals surface area contributed by atoms with Crippen LogP contribution in [0, 0.1) is 11.8 Å². The third-order valence-corrected chi connectivity index (χ3v) is 4.35. The second-order valence-corrected chi connectivity index (χ2v) is 10.6. The van der Waals surface area contributed by atoms with Gasteiger partial charge in [0, 0.05) is 0 Å². The van der Waals surface area contributed by atoms with Crippen molar-refractivity contribution >= 4 is 34.9 Å². The molecule has 0 bridgehead atoms. The lowest BCUT2D eigenvalue weighted by Crippen LogP contribution is -2.42. The van der Waals surface area contributed by atoms with Gasteiger partial charge in [-0.2, -0.15) is 0 Å². The van der Waals surface area contributed by atoms with E-state index >= 15 is 0 Å². The van der Waals surface area contributed by atoms with E-state index in [1.165, 1.54) is 0 Å². The molecule has 2 aromatic rings. The van der Waals surface area contributed by atoms with E-state index in [1.54, 1.807) is 41.5 Å². The number of aromatic nitrogens is 4. The van der Waals surface area contributed by atoms with Crippen LogP contribution in [0.1, 0.15) is 69.2 Å². The Labute approximate surface area is 194 Å². The largest absolute Gasteiger partial charge is 0.458 e. The number of hydrogen-bond acceptors (Lipinski definition) is 11. The Kier molecular flexibility index (Phi) is 7.87. The summed E-state index contributed by atoms with van der Waals surface area (Å²) in [6.07, 6.45) is 0. The molecule has 2 heterocycles. The van der Waals surface area contributed by atoms with E-state index in [9.17, 15) is 9.59 Å². The van der Waals surface area contributed by atoms with Gasteiger partial charge in [-0.25, -0.2) is 24.2 Å². The van der Waals surface area contributed by atoms with Crippen LogP contribution in [0.4, 0.5) is 11.6 Å². The summed E-state index contributed by atoms with van der Waals surface area (Å²) in [5, 5.41) is 13.7. The highest BCUT2D eigenvalue weighted by atomic mass is 16.6. The van der Waals surface area contributed by atoms with Gasteiger partial charge in [0.1, 0.15) is 23.3 Å². The van der Waals surface area contributed by atoms with Crippen LogP contribution in [0.25, 0.3) is 11.3 Å². The highest BCUT2D eigenvalue weighted by molar-refractivity contribution is 5.85. The molecule has 0 aliphatic rings. The van der Waals surface area contributed by atoms with Crippen LogP contribution in [-0.4, -0.2) is 55.5 Å². The van der Waals surface area contributed by atoms with Gasteiger partial charge in [-0.05, 0) is 63.7 Å². The summed E-state index contributed by atoms with van der Waals surface area (Å²) in [7, 11) is 0. The number of carbonyl (C=O) groups is 2. The molecule has 0 radical (unpaired) electrons. The van der Waals surface area contributed by atoms with Crippen molar-refractivity contribution in [3.05, 3.63) is 0 Å². The Morgan fingerprint density at radius 1 is 0.727 bits per heavy atom. The van der Waals surface area contributed by atoms with Crippen LogP contribution in [0.15, 0.2) is 4.63 Å². The van der Waals surface area contributed by atoms with Crippen molar-refractivity contribution in [1.29, 1.82) is 0 Å². The maximum absolute atomic E-state index is 12.9. The fraction of sp³-hybridized carbons (Fsp3) is 0.727.